The van der Waals surface area contributed by atoms with E-state index >= 15 is 0 Å². The molecule has 104 valence electrons. The highest BCUT2D eigenvalue weighted by atomic mass is 16.5. The smallest absolute Gasteiger partial charge is 0.310 e. The van der Waals surface area contributed by atoms with Gasteiger partial charge in [0.2, 0.25) is 5.91 Å². The first kappa shape index (κ1) is 15.2. The summed E-state index contributed by atoms with van der Waals surface area (Å²) in [7, 11) is 1.34. The third-order valence-corrected chi connectivity index (χ3v) is 2.83. The molecule has 1 unspecified atom stereocenters. The van der Waals surface area contributed by atoms with Crippen molar-refractivity contribution < 1.29 is 14.3 Å². The van der Waals surface area contributed by atoms with Gasteiger partial charge in [-0.1, -0.05) is 29.8 Å². The molecule has 5 nitrogen and oxygen atoms in total. The summed E-state index contributed by atoms with van der Waals surface area (Å²) in [6.45, 7) is 2.14. The van der Waals surface area contributed by atoms with E-state index in [1.807, 2.05) is 31.2 Å². The van der Waals surface area contributed by atoms with Crippen molar-refractivity contribution in [3.8, 4) is 0 Å². The molecule has 0 aliphatic heterocycles. The molecule has 0 heterocycles. The maximum atomic E-state index is 11.7. The van der Waals surface area contributed by atoms with Crippen molar-refractivity contribution in [2.45, 2.75) is 13.3 Å². The van der Waals surface area contributed by atoms with Gasteiger partial charge in [-0.15, -0.1) is 0 Å². The number of ether oxygens (including phenoxy) is 1. The summed E-state index contributed by atoms with van der Waals surface area (Å²) in [6, 6.07) is 7.90. The predicted molar refractivity (Wildman–Crippen MR) is 72.5 cm³/mol. The van der Waals surface area contributed by atoms with Crippen molar-refractivity contribution in [3.63, 3.8) is 0 Å². The molecule has 1 amide bonds. The normalized spacial score (nSPS) is 11.7. The molecule has 3 N–H and O–H groups in total. The molecule has 0 spiro atoms. The highest BCUT2D eigenvalue weighted by Crippen LogP contribution is 2.11. The number of carbonyl (C=O) groups excluding carboxylic acids is 2. The van der Waals surface area contributed by atoms with E-state index in [1.165, 1.54) is 7.11 Å². The number of hydrogen-bond acceptors (Lipinski definition) is 4. The van der Waals surface area contributed by atoms with Crippen molar-refractivity contribution in [3.05, 3.63) is 35.4 Å². The molecule has 0 fully saturated rings. The van der Waals surface area contributed by atoms with Crippen LogP contribution in [0.25, 0.3) is 0 Å². The Labute approximate surface area is 113 Å². The second kappa shape index (κ2) is 7.53. The van der Waals surface area contributed by atoms with Crippen LogP contribution in [0, 0.1) is 12.8 Å². The van der Waals surface area contributed by atoms with E-state index in [-0.39, 0.29) is 25.0 Å². The number of rotatable bonds is 6. The van der Waals surface area contributed by atoms with Gasteiger partial charge in [-0.2, -0.15) is 0 Å². The monoisotopic (exact) mass is 264 g/mol. The van der Waals surface area contributed by atoms with E-state index in [4.69, 9.17) is 10.5 Å². The van der Waals surface area contributed by atoms with Gasteiger partial charge in [0.25, 0.3) is 0 Å². The van der Waals surface area contributed by atoms with Gasteiger partial charge in [0, 0.05) is 6.54 Å². The summed E-state index contributed by atoms with van der Waals surface area (Å²) in [4.78, 5) is 22.8. The maximum absolute atomic E-state index is 11.7. The molecule has 1 rings (SSSR count). The van der Waals surface area contributed by atoms with Crippen LogP contribution in [0.4, 0.5) is 0 Å². The number of nitrogens with one attached hydrogen (secondary N) is 1. The second-order valence-electron chi connectivity index (χ2n) is 4.42. The van der Waals surface area contributed by atoms with Crippen LogP contribution in [-0.4, -0.2) is 32.1 Å². The first-order chi connectivity index (χ1) is 9.06. The molecule has 0 saturated carbocycles. The van der Waals surface area contributed by atoms with E-state index < -0.39 is 5.92 Å². The quantitative estimate of drug-likeness (QED) is 0.729. The molecule has 1 aromatic rings. The lowest BCUT2D eigenvalue weighted by atomic mass is 9.98. The lowest BCUT2D eigenvalue weighted by molar-refractivity contribution is -0.145. The van der Waals surface area contributed by atoms with Crippen molar-refractivity contribution in [2.24, 2.45) is 11.7 Å². The topological polar surface area (TPSA) is 81.4 Å². The van der Waals surface area contributed by atoms with Gasteiger partial charge in [-0.05, 0) is 18.9 Å². The number of methoxy groups -OCH3 is 1. The summed E-state index contributed by atoms with van der Waals surface area (Å²) >= 11 is 0. The Morgan fingerprint density at radius 2 is 2.16 bits per heavy atom. The van der Waals surface area contributed by atoms with Crippen LogP contribution in [-0.2, 0) is 20.7 Å². The van der Waals surface area contributed by atoms with E-state index in [0.717, 1.165) is 11.1 Å². The zero-order valence-corrected chi connectivity index (χ0v) is 11.3. The van der Waals surface area contributed by atoms with Crippen molar-refractivity contribution >= 4 is 11.9 Å². The fourth-order valence-electron chi connectivity index (χ4n) is 1.84. The van der Waals surface area contributed by atoms with Gasteiger partial charge >= 0.3 is 5.97 Å². The van der Waals surface area contributed by atoms with Crippen LogP contribution < -0.4 is 11.1 Å². The molecule has 5 heteroatoms. The minimum Gasteiger partial charge on any atom is -0.469 e. The van der Waals surface area contributed by atoms with Gasteiger partial charge in [0.1, 0.15) is 0 Å². The number of aryl methyl sites for hydroxylation is 1. The van der Waals surface area contributed by atoms with E-state index in [9.17, 15) is 9.59 Å². The highest BCUT2D eigenvalue weighted by Gasteiger charge is 2.20. The lowest BCUT2D eigenvalue weighted by Crippen LogP contribution is -2.37. The largest absolute Gasteiger partial charge is 0.469 e. The third-order valence-electron chi connectivity index (χ3n) is 2.83. The van der Waals surface area contributed by atoms with Crippen LogP contribution >= 0.6 is 0 Å². The zero-order valence-electron chi connectivity index (χ0n) is 11.3. The van der Waals surface area contributed by atoms with Crippen molar-refractivity contribution in [1.29, 1.82) is 0 Å². The molecular formula is C14H20N2O3. The number of hydrogen-bond donors (Lipinski definition) is 2. The van der Waals surface area contributed by atoms with Crippen molar-refractivity contribution in [1.82, 2.24) is 5.32 Å². The Bertz CT molecular complexity index is 446. The molecule has 19 heavy (non-hydrogen) atoms. The first-order valence-corrected chi connectivity index (χ1v) is 6.17. The fourth-order valence-corrected chi connectivity index (χ4v) is 1.84. The van der Waals surface area contributed by atoms with Crippen LogP contribution in [0.5, 0.6) is 0 Å². The molecule has 0 bridgehead atoms. The number of benzene rings is 1. The summed E-state index contributed by atoms with van der Waals surface area (Å²) in [5, 5.41) is 2.62. The molecule has 1 atom stereocenters. The Hall–Kier alpha value is -1.88. The summed E-state index contributed by atoms with van der Waals surface area (Å²) in [5.74, 6) is -1.01. The zero-order chi connectivity index (χ0) is 14.3. The highest BCUT2D eigenvalue weighted by molar-refractivity contribution is 5.79. The number of amides is 1. The summed E-state index contributed by atoms with van der Waals surface area (Å²) in [6.07, 6.45) is 0.527. The Balaban J connectivity index is 2.69. The average molecular weight is 264 g/mol. The minimum absolute atomic E-state index is 0.0850. The molecular weight excluding hydrogens is 244 g/mol. The number of carbonyl (C=O) groups is 2. The van der Waals surface area contributed by atoms with Gasteiger partial charge in [-0.3, -0.25) is 9.59 Å². The van der Waals surface area contributed by atoms with E-state index in [2.05, 4.69) is 5.32 Å². The van der Waals surface area contributed by atoms with Crippen LogP contribution in [0.1, 0.15) is 11.1 Å². The summed E-state index contributed by atoms with van der Waals surface area (Å²) < 4.78 is 4.76. The van der Waals surface area contributed by atoms with Gasteiger partial charge in [0.15, 0.2) is 0 Å². The third kappa shape index (κ3) is 5.09. The Morgan fingerprint density at radius 3 is 2.74 bits per heavy atom. The van der Waals surface area contributed by atoms with Gasteiger partial charge in [-0.25, -0.2) is 0 Å². The number of esters is 1. The second-order valence-corrected chi connectivity index (χ2v) is 4.42. The van der Waals surface area contributed by atoms with Crippen LogP contribution in [0.2, 0.25) is 0 Å². The standard InChI is InChI=1S/C14H20N2O3/c1-10-4-3-5-11(6-10)7-12(14(18)19-2)9-16-13(17)8-15/h3-6,12H,7-9,15H2,1-2H3,(H,16,17). The van der Waals surface area contributed by atoms with E-state index in [1.54, 1.807) is 0 Å². The van der Waals surface area contributed by atoms with Gasteiger partial charge < -0.3 is 15.8 Å². The summed E-state index contributed by atoms with van der Waals surface area (Å²) in [5.41, 5.74) is 7.38. The molecule has 0 aliphatic rings. The SMILES string of the molecule is COC(=O)C(CNC(=O)CN)Cc1cccc(C)c1. The predicted octanol–water partition coefficient (Wildman–Crippen LogP) is 0.402. The fraction of sp³-hybridized carbons (Fsp3) is 0.429. The Kier molecular flexibility index (Phi) is 6.02. The molecule has 0 saturated heterocycles. The first-order valence-electron chi connectivity index (χ1n) is 6.17. The van der Waals surface area contributed by atoms with Gasteiger partial charge in [0.05, 0.1) is 19.6 Å². The molecule has 0 aromatic heterocycles. The maximum Gasteiger partial charge on any atom is 0.310 e. The average Bonchev–Trinajstić information content (AvgIpc) is 2.42. The molecule has 0 radical (unpaired) electrons. The Morgan fingerprint density at radius 1 is 1.42 bits per heavy atom. The van der Waals surface area contributed by atoms with E-state index in [0.29, 0.717) is 6.42 Å². The number of nitrogens with two attached hydrogens (primary N) is 1. The minimum atomic E-state index is -0.401. The van der Waals surface area contributed by atoms with Crippen molar-refractivity contribution in [2.75, 3.05) is 20.2 Å². The van der Waals surface area contributed by atoms with Crippen LogP contribution in [0.3, 0.4) is 0 Å². The molecule has 0 aliphatic carbocycles. The van der Waals surface area contributed by atoms with Crippen LogP contribution in [0.15, 0.2) is 24.3 Å². The lowest BCUT2D eigenvalue weighted by Gasteiger charge is -2.15. The molecule has 1 aromatic carbocycles.